The summed E-state index contributed by atoms with van der Waals surface area (Å²) >= 11 is 0. The monoisotopic (exact) mass is 318 g/mol. The van der Waals surface area contributed by atoms with Gasteiger partial charge in [-0.25, -0.2) is 8.42 Å². The third-order valence-corrected chi connectivity index (χ3v) is 4.40. The lowest BCUT2D eigenvalue weighted by atomic mass is 10.2. The summed E-state index contributed by atoms with van der Waals surface area (Å²) in [5.41, 5.74) is 2.58. The van der Waals surface area contributed by atoms with Crippen molar-refractivity contribution in [3.8, 4) is 0 Å². The van der Waals surface area contributed by atoms with Crippen LogP contribution in [0.5, 0.6) is 0 Å². The van der Waals surface area contributed by atoms with Crippen molar-refractivity contribution in [2.45, 2.75) is 26.3 Å². The highest BCUT2D eigenvalue weighted by atomic mass is 32.2. The molecule has 2 rings (SSSR count). The molecule has 0 atom stereocenters. The standard InChI is InChI=1S/C17H22N2O2S/c1-14(2)18-16-8-10-17(11-9-16)19-22(20,21)13-12-15-6-4-3-5-7-15/h3-11,14,18-19H,12-13H2,1-2H3. The smallest absolute Gasteiger partial charge is 0.233 e. The highest BCUT2D eigenvalue weighted by molar-refractivity contribution is 7.92. The van der Waals surface area contributed by atoms with E-state index in [4.69, 9.17) is 0 Å². The first-order chi connectivity index (χ1) is 10.4. The van der Waals surface area contributed by atoms with E-state index in [1.165, 1.54) is 0 Å². The maximum atomic E-state index is 12.1. The Hall–Kier alpha value is -2.01. The molecule has 5 heteroatoms. The average Bonchev–Trinajstić information content (AvgIpc) is 2.48. The molecule has 2 aromatic rings. The highest BCUT2D eigenvalue weighted by Gasteiger charge is 2.10. The molecule has 0 saturated heterocycles. The Morgan fingerprint density at radius 3 is 2.09 bits per heavy atom. The molecule has 0 fully saturated rings. The van der Waals surface area contributed by atoms with Crippen LogP contribution in [0, 0.1) is 0 Å². The second-order valence-corrected chi connectivity index (χ2v) is 7.37. The summed E-state index contributed by atoms with van der Waals surface area (Å²) in [6, 6.07) is 17.2. The second-order valence-electron chi connectivity index (χ2n) is 5.53. The third-order valence-electron chi connectivity index (χ3n) is 3.12. The van der Waals surface area contributed by atoms with Crippen molar-refractivity contribution >= 4 is 21.4 Å². The number of nitrogens with one attached hydrogen (secondary N) is 2. The number of sulfonamides is 1. The van der Waals surface area contributed by atoms with Gasteiger partial charge in [0.1, 0.15) is 0 Å². The van der Waals surface area contributed by atoms with E-state index < -0.39 is 10.0 Å². The van der Waals surface area contributed by atoms with Crippen molar-refractivity contribution in [1.29, 1.82) is 0 Å². The van der Waals surface area contributed by atoms with Crippen LogP contribution in [0.25, 0.3) is 0 Å². The summed E-state index contributed by atoms with van der Waals surface area (Å²) in [6.45, 7) is 4.11. The van der Waals surface area contributed by atoms with Gasteiger partial charge >= 0.3 is 0 Å². The van der Waals surface area contributed by atoms with Gasteiger partial charge in [0.2, 0.25) is 10.0 Å². The Kier molecular flexibility index (Phi) is 5.44. The summed E-state index contributed by atoms with van der Waals surface area (Å²) in [4.78, 5) is 0. The van der Waals surface area contributed by atoms with Crippen LogP contribution in [-0.4, -0.2) is 20.2 Å². The fourth-order valence-corrected chi connectivity index (χ4v) is 3.20. The van der Waals surface area contributed by atoms with Crippen LogP contribution >= 0.6 is 0 Å². The van der Waals surface area contributed by atoms with Gasteiger partial charge < -0.3 is 5.32 Å². The molecular formula is C17H22N2O2S. The average molecular weight is 318 g/mol. The number of anilines is 2. The summed E-state index contributed by atoms with van der Waals surface area (Å²) in [5.74, 6) is 0.0724. The molecule has 2 N–H and O–H groups in total. The second kappa shape index (κ2) is 7.31. The van der Waals surface area contributed by atoms with Crippen molar-refractivity contribution in [1.82, 2.24) is 0 Å². The van der Waals surface area contributed by atoms with E-state index in [1.54, 1.807) is 12.1 Å². The first kappa shape index (κ1) is 16.4. The Labute approximate surface area is 132 Å². The lowest BCUT2D eigenvalue weighted by Crippen LogP contribution is -2.18. The van der Waals surface area contributed by atoms with Gasteiger partial charge in [-0.15, -0.1) is 0 Å². The Morgan fingerprint density at radius 2 is 1.50 bits per heavy atom. The van der Waals surface area contributed by atoms with E-state index in [-0.39, 0.29) is 5.75 Å². The summed E-state index contributed by atoms with van der Waals surface area (Å²) in [6.07, 6.45) is 0.503. The van der Waals surface area contributed by atoms with E-state index in [9.17, 15) is 8.42 Å². The molecule has 0 saturated carbocycles. The van der Waals surface area contributed by atoms with Gasteiger partial charge in [0.25, 0.3) is 0 Å². The normalized spacial score (nSPS) is 11.4. The summed E-state index contributed by atoms with van der Waals surface area (Å²) < 4.78 is 26.8. The maximum absolute atomic E-state index is 12.1. The van der Waals surface area contributed by atoms with E-state index in [1.807, 2.05) is 42.5 Å². The number of hydrogen-bond donors (Lipinski definition) is 2. The molecule has 22 heavy (non-hydrogen) atoms. The van der Waals surface area contributed by atoms with Crippen molar-refractivity contribution in [3.05, 3.63) is 60.2 Å². The molecule has 2 aromatic carbocycles. The van der Waals surface area contributed by atoms with Crippen molar-refractivity contribution in [3.63, 3.8) is 0 Å². The third kappa shape index (κ3) is 5.41. The molecule has 0 aromatic heterocycles. The zero-order valence-corrected chi connectivity index (χ0v) is 13.7. The van der Waals surface area contributed by atoms with Crippen molar-refractivity contribution in [2.75, 3.05) is 15.8 Å². The van der Waals surface area contributed by atoms with Crippen molar-refractivity contribution < 1.29 is 8.42 Å². The summed E-state index contributed by atoms with van der Waals surface area (Å²) in [5, 5.41) is 3.26. The van der Waals surface area contributed by atoms with Crippen LogP contribution in [0.2, 0.25) is 0 Å². The number of rotatable bonds is 7. The summed E-state index contributed by atoms with van der Waals surface area (Å²) in [7, 11) is -3.34. The van der Waals surface area contributed by atoms with Crippen LogP contribution in [0.4, 0.5) is 11.4 Å². The van der Waals surface area contributed by atoms with Crippen LogP contribution in [-0.2, 0) is 16.4 Å². The minimum Gasteiger partial charge on any atom is -0.383 e. The lowest BCUT2D eigenvalue weighted by molar-refractivity contribution is 0.600. The number of hydrogen-bond acceptors (Lipinski definition) is 3. The fourth-order valence-electron chi connectivity index (χ4n) is 2.10. The predicted octanol–water partition coefficient (Wildman–Crippen LogP) is 3.49. The van der Waals surface area contributed by atoms with Gasteiger partial charge in [0.15, 0.2) is 0 Å². The van der Waals surface area contributed by atoms with Gasteiger partial charge in [0.05, 0.1) is 5.75 Å². The fraction of sp³-hybridized carbons (Fsp3) is 0.294. The number of benzene rings is 2. The molecule has 0 unspecified atom stereocenters. The molecule has 118 valence electrons. The van der Waals surface area contributed by atoms with Crippen LogP contribution in [0.15, 0.2) is 54.6 Å². The van der Waals surface area contributed by atoms with Gasteiger partial charge in [0, 0.05) is 17.4 Å². The molecular weight excluding hydrogens is 296 g/mol. The van der Waals surface area contributed by atoms with Crippen molar-refractivity contribution in [2.24, 2.45) is 0 Å². The minimum absolute atomic E-state index is 0.0724. The Balaban J connectivity index is 1.93. The van der Waals surface area contributed by atoms with Gasteiger partial charge in [-0.3, -0.25) is 4.72 Å². The van der Waals surface area contributed by atoms with Crippen LogP contribution < -0.4 is 10.0 Å². The minimum atomic E-state index is -3.34. The van der Waals surface area contributed by atoms with E-state index in [2.05, 4.69) is 23.9 Å². The zero-order valence-electron chi connectivity index (χ0n) is 12.9. The molecule has 0 heterocycles. The van der Waals surface area contributed by atoms with Crippen LogP contribution in [0.1, 0.15) is 19.4 Å². The van der Waals surface area contributed by atoms with E-state index in [0.29, 0.717) is 18.2 Å². The Bertz CT molecular complexity index is 680. The molecule has 0 bridgehead atoms. The van der Waals surface area contributed by atoms with Gasteiger partial charge in [-0.1, -0.05) is 30.3 Å². The molecule has 0 aliphatic carbocycles. The topological polar surface area (TPSA) is 58.2 Å². The van der Waals surface area contributed by atoms with E-state index >= 15 is 0 Å². The maximum Gasteiger partial charge on any atom is 0.233 e. The molecule has 0 aliphatic rings. The van der Waals surface area contributed by atoms with Gasteiger partial charge in [-0.2, -0.15) is 0 Å². The van der Waals surface area contributed by atoms with Crippen LogP contribution in [0.3, 0.4) is 0 Å². The molecule has 0 aliphatic heterocycles. The SMILES string of the molecule is CC(C)Nc1ccc(NS(=O)(=O)CCc2ccccc2)cc1. The first-order valence-electron chi connectivity index (χ1n) is 7.36. The molecule has 0 amide bonds. The number of aryl methyl sites for hydroxylation is 1. The highest BCUT2D eigenvalue weighted by Crippen LogP contribution is 2.16. The molecule has 4 nitrogen and oxygen atoms in total. The molecule has 0 radical (unpaired) electrons. The predicted molar refractivity (Wildman–Crippen MR) is 92.8 cm³/mol. The van der Waals surface area contributed by atoms with Gasteiger partial charge in [-0.05, 0) is 50.1 Å². The Morgan fingerprint density at radius 1 is 0.909 bits per heavy atom. The quantitative estimate of drug-likeness (QED) is 0.821. The first-order valence-corrected chi connectivity index (χ1v) is 9.01. The molecule has 0 spiro atoms. The lowest BCUT2D eigenvalue weighted by Gasteiger charge is -2.12. The largest absolute Gasteiger partial charge is 0.383 e. The van der Waals surface area contributed by atoms with E-state index in [0.717, 1.165) is 11.3 Å². The zero-order chi connectivity index (χ0) is 16.0.